The molecule has 3 heteroatoms. The summed E-state index contributed by atoms with van der Waals surface area (Å²) < 4.78 is 6.07. The Hall–Kier alpha value is -2.29. The first kappa shape index (κ1) is 19.0. The molecule has 2 aliphatic rings. The first-order valence-corrected chi connectivity index (χ1v) is 10.7. The minimum absolute atomic E-state index is 0.255. The van der Waals surface area contributed by atoms with Crippen LogP contribution in [0.2, 0.25) is 0 Å². The van der Waals surface area contributed by atoms with Gasteiger partial charge in [-0.15, -0.1) is 0 Å². The molecule has 1 atom stereocenters. The van der Waals surface area contributed by atoms with E-state index in [1.807, 2.05) is 0 Å². The Labute approximate surface area is 168 Å². The van der Waals surface area contributed by atoms with Crippen LogP contribution in [0, 0.1) is 0 Å². The van der Waals surface area contributed by atoms with E-state index >= 15 is 0 Å². The highest BCUT2D eigenvalue weighted by molar-refractivity contribution is 5.76. The summed E-state index contributed by atoms with van der Waals surface area (Å²) in [4.78, 5) is 13.7. The van der Waals surface area contributed by atoms with Crippen LogP contribution in [0.1, 0.15) is 68.9 Å². The van der Waals surface area contributed by atoms with Crippen molar-refractivity contribution >= 4 is 11.5 Å². The molecule has 4 rings (SSSR count). The summed E-state index contributed by atoms with van der Waals surface area (Å²) in [6.45, 7) is 5.92. The van der Waals surface area contributed by atoms with Gasteiger partial charge < -0.3 is 14.4 Å². The largest absolute Gasteiger partial charge is 0.490 e. The summed E-state index contributed by atoms with van der Waals surface area (Å²) in [5, 5.41) is 0. The maximum absolute atomic E-state index is 11.3. The van der Waals surface area contributed by atoms with Gasteiger partial charge in [-0.05, 0) is 73.9 Å². The van der Waals surface area contributed by atoms with E-state index in [0.717, 1.165) is 18.8 Å². The first-order valence-electron chi connectivity index (χ1n) is 10.7. The summed E-state index contributed by atoms with van der Waals surface area (Å²) in [6, 6.07) is 17.5. The molecule has 0 aromatic heterocycles. The Bertz CT molecular complexity index is 784. The van der Waals surface area contributed by atoms with Gasteiger partial charge in [-0.25, -0.2) is 0 Å². The van der Waals surface area contributed by atoms with Gasteiger partial charge in [-0.1, -0.05) is 31.2 Å². The highest BCUT2D eigenvalue weighted by atomic mass is 16.5. The van der Waals surface area contributed by atoms with Crippen molar-refractivity contribution in [1.82, 2.24) is 0 Å². The lowest BCUT2D eigenvalue weighted by Crippen LogP contribution is -2.45. The van der Waals surface area contributed by atoms with E-state index in [-0.39, 0.29) is 5.78 Å². The van der Waals surface area contributed by atoms with Gasteiger partial charge in [-0.3, -0.25) is 0 Å². The van der Waals surface area contributed by atoms with E-state index in [1.165, 1.54) is 42.5 Å². The van der Waals surface area contributed by atoms with Crippen LogP contribution in [-0.2, 0) is 4.79 Å². The van der Waals surface area contributed by atoms with E-state index in [2.05, 4.69) is 60.4 Å². The van der Waals surface area contributed by atoms with Crippen LogP contribution in [0.5, 0.6) is 5.75 Å². The quantitative estimate of drug-likeness (QED) is 0.620. The van der Waals surface area contributed by atoms with Crippen molar-refractivity contribution in [3.05, 3.63) is 59.7 Å². The second-order valence-electron chi connectivity index (χ2n) is 8.59. The fourth-order valence-electron chi connectivity index (χ4n) is 4.48. The third-order valence-corrected chi connectivity index (χ3v) is 6.26. The number of anilines is 1. The van der Waals surface area contributed by atoms with E-state index in [4.69, 9.17) is 4.74 Å². The Balaban J connectivity index is 1.29. The molecule has 148 valence electrons. The van der Waals surface area contributed by atoms with Gasteiger partial charge in [0.05, 0.1) is 6.10 Å². The maximum atomic E-state index is 11.3. The number of carbonyl (C=O) groups is 1. The summed E-state index contributed by atoms with van der Waals surface area (Å²) in [5.41, 5.74) is 3.94. The molecule has 0 radical (unpaired) electrons. The summed E-state index contributed by atoms with van der Waals surface area (Å²) in [6.07, 6.45) is 6.03. The molecule has 2 aromatic carbocycles. The second kappa shape index (κ2) is 8.38. The minimum Gasteiger partial charge on any atom is -0.490 e. The molecule has 1 aliphatic heterocycles. The molecule has 3 nitrogen and oxygen atoms in total. The summed E-state index contributed by atoms with van der Waals surface area (Å²) in [5.74, 6) is 2.15. The molecule has 1 heterocycles. The third kappa shape index (κ3) is 4.40. The van der Waals surface area contributed by atoms with Gasteiger partial charge in [0.25, 0.3) is 0 Å². The lowest BCUT2D eigenvalue weighted by Gasteiger charge is -2.41. The van der Waals surface area contributed by atoms with Crippen molar-refractivity contribution in [2.45, 2.75) is 63.9 Å². The Morgan fingerprint density at radius 2 is 1.68 bits per heavy atom. The Morgan fingerprint density at radius 3 is 2.29 bits per heavy atom. The predicted molar refractivity (Wildman–Crippen MR) is 114 cm³/mol. The Kier molecular flexibility index (Phi) is 5.70. The van der Waals surface area contributed by atoms with Crippen LogP contribution in [0.4, 0.5) is 5.69 Å². The minimum atomic E-state index is 0.255. The fraction of sp³-hybridized carbons (Fsp3) is 0.480. The van der Waals surface area contributed by atoms with Crippen LogP contribution in [0.25, 0.3) is 0 Å². The molecule has 0 spiro atoms. The smallest absolute Gasteiger partial charge is 0.130 e. The molecule has 1 saturated heterocycles. The molecule has 2 aromatic rings. The molecule has 1 unspecified atom stereocenters. The molecular weight excluding hydrogens is 346 g/mol. The van der Waals surface area contributed by atoms with Crippen LogP contribution in [-0.4, -0.2) is 25.0 Å². The van der Waals surface area contributed by atoms with Crippen molar-refractivity contribution in [2.75, 3.05) is 18.0 Å². The zero-order valence-electron chi connectivity index (χ0n) is 17.1. The Morgan fingerprint density at radius 1 is 1.04 bits per heavy atom. The first-order chi connectivity index (χ1) is 13.6. The average Bonchev–Trinajstić information content (AvgIpc) is 3.15. The van der Waals surface area contributed by atoms with Crippen molar-refractivity contribution in [3.8, 4) is 5.75 Å². The van der Waals surface area contributed by atoms with Crippen molar-refractivity contribution in [1.29, 1.82) is 0 Å². The molecule has 0 amide bonds. The van der Waals surface area contributed by atoms with Gasteiger partial charge in [0.1, 0.15) is 11.5 Å². The molecule has 28 heavy (non-hydrogen) atoms. The molecule has 1 aliphatic carbocycles. The normalized spacial score (nSPS) is 18.7. The lowest BCUT2D eigenvalue weighted by molar-refractivity contribution is -0.117. The molecule has 1 saturated carbocycles. The van der Waals surface area contributed by atoms with Gasteiger partial charge in [0, 0.05) is 31.1 Å². The van der Waals surface area contributed by atoms with Crippen molar-refractivity contribution in [2.24, 2.45) is 0 Å². The number of benzene rings is 2. The zero-order valence-corrected chi connectivity index (χ0v) is 17.1. The molecule has 0 bridgehead atoms. The van der Waals surface area contributed by atoms with Crippen molar-refractivity contribution < 1.29 is 9.53 Å². The van der Waals surface area contributed by atoms with Gasteiger partial charge in [0.2, 0.25) is 0 Å². The monoisotopic (exact) mass is 377 g/mol. The lowest BCUT2D eigenvalue weighted by atomic mass is 9.88. The predicted octanol–water partition coefficient (Wildman–Crippen LogP) is 5.69. The van der Waals surface area contributed by atoms with Gasteiger partial charge in [0.15, 0.2) is 0 Å². The summed E-state index contributed by atoms with van der Waals surface area (Å²) in [7, 11) is 0. The number of nitrogens with zero attached hydrogens (tertiary/aromatic N) is 1. The van der Waals surface area contributed by atoms with E-state index < -0.39 is 0 Å². The third-order valence-electron chi connectivity index (χ3n) is 6.26. The van der Waals surface area contributed by atoms with Gasteiger partial charge >= 0.3 is 0 Å². The highest BCUT2D eigenvalue weighted by Crippen LogP contribution is 2.34. The van der Waals surface area contributed by atoms with Crippen LogP contribution < -0.4 is 9.64 Å². The standard InChI is InChI=1S/C25H31NO2/c1-18(15-19(2)27)20-7-9-21(10-8-20)22-16-26(17-22)23-11-13-25(14-12-23)28-24-5-3-4-6-24/h7-14,18,22,24H,3-6,15-17H2,1-2H3. The van der Waals surface area contributed by atoms with E-state index in [9.17, 15) is 4.79 Å². The second-order valence-corrected chi connectivity index (χ2v) is 8.59. The van der Waals surface area contributed by atoms with E-state index in [0.29, 0.717) is 24.4 Å². The average molecular weight is 378 g/mol. The number of rotatable bonds is 7. The molecule has 2 fully saturated rings. The number of ether oxygens (including phenoxy) is 1. The van der Waals surface area contributed by atoms with Crippen molar-refractivity contribution in [3.63, 3.8) is 0 Å². The van der Waals surface area contributed by atoms with Crippen LogP contribution in [0.3, 0.4) is 0 Å². The fourth-order valence-corrected chi connectivity index (χ4v) is 4.48. The molecular formula is C25H31NO2. The zero-order chi connectivity index (χ0) is 19.5. The number of Topliss-reactive ketones (excluding diaryl/α,β-unsaturated/α-hetero) is 1. The highest BCUT2D eigenvalue weighted by Gasteiger charge is 2.28. The number of ketones is 1. The summed E-state index contributed by atoms with van der Waals surface area (Å²) >= 11 is 0. The number of carbonyl (C=O) groups excluding carboxylic acids is 1. The topological polar surface area (TPSA) is 29.5 Å². The van der Waals surface area contributed by atoms with Crippen LogP contribution in [0.15, 0.2) is 48.5 Å². The van der Waals surface area contributed by atoms with E-state index in [1.54, 1.807) is 6.92 Å². The maximum Gasteiger partial charge on any atom is 0.130 e. The van der Waals surface area contributed by atoms with Crippen LogP contribution >= 0.6 is 0 Å². The number of hydrogen-bond donors (Lipinski definition) is 0. The SMILES string of the molecule is CC(=O)CC(C)c1ccc(C2CN(c3ccc(OC4CCCC4)cc3)C2)cc1. The molecule has 0 N–H and O–H groups in total. The van der Waals surface area contributed by atoms with Gasteiger partial charge in [-0.2, -0.15) is 0 Å². The number of hydrogen-bond acceptors (Lipinski definition) is 3.